The van der Waals surface area contributed by atoms with E-state index in [1.807, 2.05) is 0 Å². The third kappa shape index (κ3) is 4.61. The lowest BCUT2D eigenvalue weighted by Gasteiger charge is -2.16. The smallest absolute Gasteiger partial charge is 0.326 e. The van der Waals surface area contributed by atoms with Crippen molar-refractivity contribution in [2.75, 3.05) is 0 Å². The number of aromatic nitrogens is 3. The van der Waals surface area contributed by atoms with Crippen molar-refractivity contribution in [3.8, 4) is 0 Å². The summed E-state index contributed by atoms with van der Waals surface area (Å²) < 4.78 is 0. The summed E-state index contributed by atoms with van der Waals surface area (Å²) in [6.07, 6.45) is 0.790. The van der Waals surface area contributed by atoms with E-state index in [2.05, 4.69) is 25.8 Å². The highest BCUT2D eigenvalue weighted by Crippen LogP contribution is 2.03. The maximum absolute atomic E-state index is 11.5. The third-order valence-electron chi connectivity index (χ3n) is 2.20. The highest BCUT2D eigenvalue weighted by molar-refractivity contribution is 5.87. The summed E-state index contributed by atoms with van der Waals surface area (Å²) in [6, 6.07) is -2.62. The van der Waals surface area contributed by atoms with Crippen molar-refractivity contribution in [3.05, 3.63) is 12.2 Å². The molecule has 6 N–H and O–H groups in total. The van der Waals surface area contributed by atoms with E-state index in [9.17, 15) is 14.4 Å². The van der Waals surface area contributed by atoms with Gasteiger partial charge in [-0.25, -0.2) is 14.6 Å². The standard InChI is InChI=1S/C9H14N6O4/c1-4(7-11-3-12-15-7)13-9(19)14-5(8(17)18)2-6(10)16/h3-5H,2H2,1H3,(H2,10,16)(H,17,18)(H,11,12,15)(H2,13,14,19). The monoisotopic (exact) mass is 270 g/mol. The van der Waals surface area contributed by atoms with Crippen molar-refractivity contribution in [1.82, 2.24) is 25.8 Å². The summed E-state index contributed by atoms with van der Waals surface area (Å²) >= 11 is 0. The van der Waals surface area contributed by atoms with Crippen molar-refractivity contribution >= 4 is 17.9 Å². The van der Waals surface area contributed by atoms with Crippen LogP contribution in [0.4, 0.5) is 4.79 Å². The van der Waals surface area contributed by atoms with E-state index in [1.54, 1.807) is 6.92 Å². The molecule has 0 saturated heterocycles. The fourth-order valence-electron chi connectivity index (χ4n) is 1.29. The van der Waals surface area contributed by atoms with Crippen LogP contribution < -0.4 is 16.4 Å². The Morgan fingerprint density at radius 3 is 2.63 bits per heavy atom. The predicted octanol–water partition coefficient (Wildman–Crippen LogP) is -1.51. The summed E-state index contributed by atoms with van der Waals surface area (Å²) in [5.41, 5.74) is 4.89. The van der Waals surface area contributed by atoms with E-state index in [0.717, 1.165) is 0 Å². The van der Waals surface area contributed by atoms with Crippen molar-refractivity contribution in [3.63, 3.8) is 0 Å². The zero-order valence-electron chi connectivity index (χ0n) is 10.1. The van der Waals surface area contributed by atoms with Crippen molar-refractivity contribution < 1.29 is 19.5 Å². The quantitative estimate of drug-likeness (QED) is 0.422. The summed E-state index contributed by atoms with van der Waals surface area (Å²) in [7, 11) is 0. The molecule has 0 spiro atoms. The Morgan fingerprint density at radius 2 is 2.16 bits per heavy atom. The molecule has 0 aliphatic heterocycles. The van der Waals surface area contributed by atoms with Gasteiger partial charge in [-0.05, 0) is 6.92 Å². The average Bonchev–Trinajstić information content (AvgIpc) is 2.80. The first-order valence-corrected chi connectivity index (χ1v) is 5.33. The number of hydrogen-bond donors (Lipinski definition) is 5. The van der Waals surface area contributed by atoms with Crippen LogP contribution >= 0.6 is 0 Å². The normalized spacial score (nSPS) is 13.3. The van der Waals surface area contributed by atoms with Gasteiger partial charge >= 0.3 is 12.0 Å². The minimum atomic E-state index is -1.38. The number of aromatic amines is 1. The number of H-pyrrole nitrogens is 1. The lowest BCUT2D eigenvalue weighted by Crippen LogP contribution is -2.48. The zero-order chi connectivity index (χ0) is 14.4. The topological polar surface area (TPSA) is 163 Å². The van der Waals surface area contributed by atoms with Crippen LogP contribution in [-0.2, 0) is 9.59 Å². The summed E-state index contributed by atoms with van der Waals surface area (Å²) in [4.78, 5) is 36.9. The number of carbonyl (C=O) groups excluding carboxylic acids is 2. The molecule has 3 amide bonds. The highest BCUT2D eigenvalue weighted by atomic mass is 16.4. The van der Waals surface area contributed by atoms with Crippen LogP contribution in [-0.4, -0.2) is 44.2 Å². The van der Waals surface area contributed by atoms with Gasteiger partial charge in [-0.1, -0.05) is 0 Å². The SMILES string of the molecule is CC(NC(=O)NC(CC(N)=O)C(=O)O)c1ncn[nH]1. The zero-order valence-corrected chi connectivity index (χ0v) is 10.1. The number of urea groups is 1. The fraction of sp³-hybridized carbons (Fsp3) is 0.444. The van der Waals surface area contributed by atoms with Crippen molar-refractivity contribution in [1.29, 1.82) is 0 Å². The molecule has 10 heteroatoms. The van der Waals surface area contributed by atoms with Gasteiger partial charge in [-0.15, -0.1) is 0 Å². The fourth-order valence-corrected chi connectivity index (χ4v) is 1.29. The maximum atomic E-state index is 11.5. The van der Waals surface area contributed by atoms with Gasteiger partial charge in [-0.3, -0.25) is 9.89 Å². The number of nitrogens with one attached hydrogen (secondary N) is 3. The Kier molecular flexibility index (Phi) is 4.80. The van der Waals surface area contributed by atoms with Gasteiger partial charge in [0, 0.05) is 0 Å². The van der Waals surface area contributed by atoms with Crippen LogP contribution in [0.2, 0.25) is 0 Å². The molecule has 0 bridgehead atoms. The first-order valence-electron chi connectivity index (χ1n) is 5.33. The minimum absolute atomic E-state index is 0.414. The van der Waals surface area contributed by atoms with Crippen LogP contribution in [0.5, 0.6) is 0 Å². The second kappa shape index (κ2) is 6.33. The Labute approximate surface area is 107 Å². The molecule has 10 nitrogen and oxygen atoms in total. The Hall–Kier alpha value is -2.65. The molecule has 0 aromatic carbocycles. The van der Waals surface area contributed by atoms with Gasteiger partial charge in [0.1, 0.15) is 18.2 Å². The van der Waals surface area contributed by atoms with Crippen LogP contribution in [0.25, 0.3) is 0 Å². The molecular formula is C9H14N6O4. The first-order chi connectivity index (χ1) is 8.90. The van der Waals surface area contributed by atoms with Gasteiger partial charge in [-0.2, -0.15) is 5.10 Å². The molecule has 0 radical (unpaired) electrons. The third-order valence-corrected chi connectivity index (χ3v) is 2.20. The Balaban J connectivity index is 2.53. The largest absolute Gasteiger partial charge is 0.480 e. The number of primary amides is 1. The number of amides is 3. The predicted molar refractivity (Wildman–Crippen MR) is 61.7 cm³/mol. The Morgan fingerprint density at radius 1 is 1.47 bits per heavy atom. The molecule has 104 valence electrons. The highest BCUT2D eigenvalue weighted by Gasteiger charge is 2.23. The van der Waals surface area contributed by atoms with Gasteiger partial charge in [0.15, 0.2) is 0 Å². The molecule has 0 aliphatic rings. The number of carboxylic acid groups (broad SMARTS) is 1. The van der Waals surface area contributed by atoms with Crippen LogP contribution in [0.15, 0.2) is 6.33 Å². The molecule has 0 saturated carbocycles. The molecule has 1 aromatic heterocycles. The number of carboxylic acids is 1. The summed E-state index contributed by atoms with van der Waals surface area (Å²) in [5.74, 6) is -1.76. The molecule has 0 aliphatic carbocycles. The van der Waals surface area contributed by atoms with Crippen LogP contribution in [0.3, 0.4) is 0 Å². The molecule has 2 atom stereocenters. The average molecular weight is 270 g/mol. The van der Waals surface area contributed by atoms with Gasteiger partial charge in [0.05, 0.1) is 12.5 Å². The lowest BCUT2D eigenvalue weighted by atomic mass is 10.2. The molecular weight excluding hydrogens is 256 g/mol. The molecule has 0 fully saturated rings. The molecule has 1 aromatic rings. The minimum Gasteiger partial charge on any atom is -0.480 e. The second-order valence-electron chi connectivity index (χ2n) is 3.77. The van der Waals surface area contributed by atoms with Crippen LogP contribution in [0.1, 0.15) is 25.2 Å². The number of nitrogens with zero attached hydrogens (tertiary/aromatic N) is 2. The lowest BCUT2D eigenvalue weighted by molar-refractivity contribution is -0.140. The van der Waals surface area contributed by atoms with E-state index in [1.165, 1.54) is 6.33 Å². The molecule has 19 heavy (non-hydrogen) atoms. The second-order valence-corrected chi connectivity index (χ2v) is 3.77. The molecule has 1 rings (SSSR count). The van der Waals surface area contributed by atoms with Crippen LogP contribution in [0, 0.1) is 0 Å². The van der Waals surface area contributed by atoms with E-state index in [-0.39, 0.29) is 0 Å². The van der Waals surface area contributed by atoms with Gasteiger partial charge in [0.25, 0.3) is 0 Å². The maximum Gasteiger partial charge on any atom is 0.326 e. The van der Waals surface area contributed by atoms with Gasteiger partial charge in [0.2, 0.25) is 5.91 Å². The number of aliphatic carboxylic acids is 1. The Bertz CT molecular complexity index is 459. The van der Waals surface area contributed by atoms with E-state index < -0.39 is 36.4 Å². The van der Waals surface area contributed by atoms with Crippen molar-refractivity contribution in [2.45, 2.75) is 25.4 Å². The van der Waals surface area contributed by atoms with Gasteiger partial charge < -0.3 is 21.5 Å². The summed E-state index contributed by atoms with van der Waals surface area (Å²) in [5, 5.41) is 19.6. The number of hydrogen-bond acceptors (Lipinski definition) is 5. The molecule has 2 unspecified atom stereocenters. The number of rotatable bonds is 6. The first kappa shape index (κ1) is 14.4. The molecule has 1 heterocycles. The van der Waals surface area contributed by atoms with E-state index >= 15 is 0 Å². The van der Waals surface area contributed by atoms with Crippen molar-refractivity contribution in [2.24, 2.45) is 5.73 Å². The van der Waals surface area contributed by atoms with E-state index in [0.29, 0.717) is 5.82 Å². The number of nitrogens with two attached hydrogens (primary N) is 1. The van der Waals surface area contributed by atoms with E-state index in [4.69, 9.17) is 10.8 Å². The summed E-state index contributed by atoms with van der Waals surface area (Å²) in [6.45, 7) is 1.63. The number of carbonyl (C=O) groups is 3.